The van der Waals surface area contributed by atoms with Gasteiger partial charge >= 0.3 is 0 Å². The molecule has 1 aromatic rings. The number of rotatable bonds is 6. The number of aromatic nitrogens is 1. The number of nitrogens with one attached hydrogen (secondary N) is 2. The number of carbonyl (C=O) groups excluding carboxylic acids is 1. The highest BCUT2D eigenvalue weighted by Crippen LogP contribution is 2.27. The molecule has 0 spiro atoms. The predicted octanol–water partition coefficient (Wildman–Crippen LogP) is 2.58. The van der Waals surface area contributed by atoms with E-state index in [1.807, 2.05) is 0 Å². The lowest BCUT2D eigenvalue weighted by atomic mass is 9.97. The van der Waals surface area contributed by atoms with Crippen LogP contribution in [0.1, 0.15) is 44.7 Å². The van der Waals surface area contributed by atoms with Crippen LogP contribution in [0.2, 0.25) is 0 Å². The van der Waals surface area contributed by atoms with Gasteiger partial charge in [0, 0.05) is 13.5 Å². The van der Waals surface area contributed by atoms with Crippen LogP contribution in [0.15, 0.2) is 15.9 Å². The van der Waals surface area contributed by atoms with Crippen LogP contribution in [-0.4, -0.2) is 25.9 Å². The summed E-state index contributed by atoms with van der Waals surface area (Å²) in [6.07, 6.45) is 7.53. The molecule has 0 saturated heterocycles. The van der Waals surface area contributed by atoms with Crippen LogP contribution >= 0.6 is 11.3 Å². The largest absolute Gasteiger partial charge is 0.302 e. The molecular formula is C14H21N3O3S2. The van der Waals surface area contributed by atoms with E-state index in [4.69, 9.17) is 0 Å². The second-order valence-corrected chi connectivity index (χ2v) is 8.29. The number of sulfonamides is 1. The Morgan fingerprint density at radius 1 is 1.41 bits per heavy atom. The number of thiazole rings is 1. The van der Waals surface area contributed by atoms with Gasteiger partial charge < -0.3 is 5.32 Å². The number of amides is 1. The molecule has 0 fully saturated rings. The minimum atomic E-state index is -3.58. The molecule has 6 nitrogen and oxygen atoms in total. The maximum atomic E-state index is 12.3. The molecule has 0 atom stereocenters. The van der Waals surface area contributed by atoms with Crippen molar-refractivity contribution in [3.63, 3.8) is 0 Å². The maximum absolute atomic E-state index is 12.3. The van der Waals surface area contributed by atoms with E-state index in [0.717, 1.165) is 30.6 Å². The summed E-state index contributed by atoms with van der Waals surface area (Å²) in [5.41, 5.74) is 1.73. The van der Waals surface area contributed by atoms with Gasteiger partial charge in [0.25, 0.3) is 10.0 Å². The topological polar surface area (TPSA) is 88.2 Å². The Balaban J connectivity index is 1.99. The van der Waals surface area contributed by atoms with E-state index in [0.29, 0.717) is 17.4 Å². The van der Waals surface area contributed by atoms with Crippen molar-refractivity contribution in [3.8, 4) is 0 Å². The van der Waals surface area contributed by atoms with Crippen molar-refractivity contribution < 1.29 is 13.2 Å². The van der Waals surface area contributed by atoms with Gasteiger partial charge in [-0.05, 0) is 39.0 Å². The number of nitrogens with zero attached hydrogens (tertiary/aromatic N) is 1. The Hall–Kier alpha value is -1.25. The first-order valence-electron chi connectivity index (χ1n) is 7.31. The van der Waals surface area contributed by atoms with Crippen molar-refractivity contribution in [2.45, 2.75) is 50.2 Å². The Kier molecular flexibility index (Phi) is 5.71. The van der Waals surface area contributed by atoms with Crippen LogP contribution in [0, 0.1) is 6.92 Å². The third kappa shape index (κ3) is 4.62. The summed E-state index contributed by atoms with van der Waals surface area (Å²) < 4.78 is 27.4. The molecule has 2 N–H and O–H groups in total. The minimum absolute atomic E-state index is 0.161. The first-order valence-corrected chi connectivity index (χ1v) is 9.61. The lowest BCUT2D eigenvalue weighted by Crippen LogP contribution is -2.25. The maximum Gasteiger partial charge on any atom is 0.252 e. The number of aryl methyl sites for hydroxylation is 1. The van der Waals surface area contributed by atoms with Gasteiger partial charge in [0.1, 0.15) is 0 Å². The lowest BCUT2D eigenvalue weighted by Gasteiger charge is -2.12. The summed E-state index contributed by atoms with van der Waals surface area (Å²) in [5, 5.41) is 2.82. The Morgan fingerprint density at radius 2 is 2.18 bits per heavy atom. The molecule has 2 rings (SSSR count). The smallest absolute Gasteiger partial charge is 0.252 e. The highest BCUT2D eigenvalue weighted by Gasteiger charge is 2.22. The average molecular weight is 343 g/mol. The van der Waals surface area contributed by atoms with E-state index >= 15 is 0 Å². The van der Waals surface area contributed by atoms with Crippen LogP contribution in [0.3, 0.4) is 0 Å². The lowest BCUT2D eigenvalue weighted by molar-refractivity contribution is -0.114. The van der Waals surface area contributed by atoms with Gasteiger partial charge in [-0.25, -0.2) is 18.1 Å². The van der Waals surface area contributed by atoms with Crippen molar-refractivity contribution in [1.29, 1.82) is 0 Å². The quantitative estimate of drug-likeness (QED) is 0.777. The number of carbonyl (C=O) groups is 1. The first kappa shape index (κ1) is 17.1. The third-order valence-electron chi connectivity index (χ3n) is 3.40. The zero-order valence-corrected chi connectivity index (χ0v) is 14.4. The van der Waals surface area contributed by atoms with E-state index < -0.39 is 10.0 Å². The second kappa shape index (κ2) is 7.34. The number of hydrogen-bond acceptors (Lipinski definition) is 5. The number of hydrogen-bond donors (Lipinski definition) is 2. The van der Waals surface area contributed by atoms with Gasteiger partial charge in [0.05, 0.1) is 5.69 Å². The zero-order chi connectivity index (χ0) is 16.2. The molecule has 0 aliphatic heterocycles. The van der Waals surface area contributed by atoms with Crippen molar-refractivity contribution in [2.24, 2.45) is 0 Å². The number of allylic oxidation sites excluding steroid dienone is 1. The molecule has 1 heterocycles. The van der Waals surface area contributed by atoms with Crippen molar-refractivity contribution in [1.82, 2.24) is 9.71 Å². The Labute approximate surface area is 135 Å². The summed E-state index contributed by atoms with van der Waals surface area (Å²) in [5.74, 6) is -0.269. The average Bonchev–Trinajstić information content (AvgIpc) is 2.80. The molecule has 0 bridgehead atoms. The highest BCUT2D eigenvalue weighted by atomic mass is 32.2. The van der Waals surface area contributed by atoms with Gasteiger partial charge in [-0.1, -0.05) is 23.0 Å². The van der Waals surface area contributed by atoms with Crippen molar-refractivity contribution in [2.75, 3.05) is 11.9 Å². The first-order chi connectivity index (χ1) is 10.4. The molecule has 122 valence electrons. The summed E-state index contributed by atoms with van der Waals surface area (Å²) in [6.45, 7) is 3.38. The van der Waals surface area contributed by atoms with Crippen LogP contribution in [0.4, 0.5) is 5.13 Å². The molecule has 22 heavy (non-hydrogen) atoms. The molecule has 8 heteroatoms. The molecule has 0 saturated carbocycles. The van der Waals surface area contributed by atoms with Crippen LogP contribution < -0.4 is 10.0 Å². The highest BCUT2D eigenvalue weighted by molar-refractivity contribution is 7.91. The van der Waals surface area contributed by atoms with E-state index in [2.05, 4.69) is 21.1 Å². The predicted molar refractivity (Wildman–Crippen MR) is 87.5 cm³/mol. The SMILES string of the molecule is CC(=O)Nc1nc(C)c(S(=O)(=O)NCCC2=CCCCC2)s1. The Morgan fingerprint density at radius 3 is 2.82 bits per heavy atom. The standard InChI is InChI=1S/C14H21N3O3S2/c1-10-13(21-14(16-10)17-11(2)18)22(19,20)15-9-8-12-6-4-3-5-7-12/h6,15H,3-5,7-9H2,1-2H3,(H,16,17,18). The molecule has 0 aromatic carbocycles. The molecule has 1 amide bonds. The summed E-state index contributed by atoms with van der Waals surface area (Å²) in [7, 11) is -3.58. The van der Waals surface area contributed by atoms with Gasteiger partial charge in [-0.3, -0.25) is 4.79 Å². The molecule has 1 aliphatic rings. The summed E-state index contributed by atoms with van der Waals surface area (Å²) in [6, 6.07) is 0. The van der Waals surface area contributed by atoms with E-state index in [9.17, 15) is 13.2 Å². The van der Waals surface area contributed by atoms with Gasteiger partial charge in [-0.15, -0.1) is 0 Å². The van der Waals surface area contributed by atoms with Crippen LogP contribution in [0.25, 0.3) is 0 Å². The van der Waals surface area contributed by atoms with E-state index in [-0.39, 0.29) is 10.1 Å². The molecular weight excluding hydrogens is 322 g/mol. The monoisotopic (exact) mass is 343 g/mol. The molecule has 1 aliphatic carbocycles. The Bertz CT molecular complexity index is 678. The molecule has 0 unspecified atom stereocenters. The fraction of sp³-hybridized carbons (Fsp3) is 0.571. The second-order valence-electron chi connectivity index (χ2n) is 5.33. The van der Waals surface area contributed by atoms with Gasteiger partial charge in [0.15, 0.2) is 9.34 Å². The normalized spacial score (nSPS) is 15.5. The van der Waals surface area contributed by atoms with Crippen molar-refractivity contribution >= 4 is 32.4 Å². The van der Waals surface area contributed by atoms with Crippen LogP contribution in [0.5, 0.6) is 0 Å². The summed E-state index contributed by atoms with van der Waals surface area (Å²) in [4.78, 5) is 15.1. The van der Waals surface area contributed by atoms with Gasteiger partial charge in [-0.2, -0.15) is 0 Å². The van der Waals surface area contributed by atoms with E-state index in [1.54, 1.807) is 6.92 Å². The third-order valence-corrected chi connectivity index (χ3v) is 6.55. The fourth-order valence-corrected chi connectivity index (χ4v) is 4.91. The minimum Gasteiger partial charge on any atom is -0.302 e. The fourth-order valence-electron chi connectivity index (χ4n) is 2.38. The zero-order valence-electron chi connectivity index (χ0n) is 12.8. The van der Waals surface area contributed by atoms with Crippen molar-refractivity contribution in [3.05, 3.63) is 17.3 Å². The molecule has 0 radical (unpaired) electrons. The van der Waals surface area contributed by atoms with Gasteiger partial charge in [0.2, 0.25) is 5.91 Å². The number of anilines is 1. The summed E-state index contributed by atoms with van der Waals surface area (Å²) >= 11 is 0.973. The molecule has 1 aromatic heterocycles. The van der Waals surface area contributed by atoms with E-state index in [1.165, 1.54) is 25.3 Å². The van der Waals surface area contributed by atoms with Crippen LogP contribution in [-0.2, 0) is 14.8 Å².